The molecule has 0 saturated heterocycles. The van der Waals surface area contributed by atoms with Crippen LogP contribution < -0.4 is 16.0 Å². The summed E-state index contributed by atoms with van der Waals surface area (Å²) >= 11 is 3.31. The molecule has 0 aliphatic carbocycles. The largest absolute Gasteiger partial charge is 0.496 e. The molecule has 2 aromatic carbocycles. The predicted octanol–water partition coefficient (Wildman–Crippen LogP) is 3.77. The number of nitrogens with two attached hydrogens (primary N) is 1. The molecule has 2 aromatic rings. The van der Waals surface area contributed by atoms with Crippen molar-refractivity contribution in [3.8, 4) is 5.75 Å². The Bertz CT molecular complexity index is 641. The molecule has 5 heteroatoms. The van der Waals surface area contributed by atoms with Crippen molar-refractivity contribution in [2.75, 3.05) is 7.11 Å². The third-order valence-corrected chi connectivity index (χ3v) is 3.84. The average molecular weight is 353 g/mol. The Morgan fingerprint density at radius 1 is 1.19 bits per heavy atom. The lowest BCUT2D eigenvalue weighted by Crippen LogP contribution is -2.30. The molecule has 0 spiro atoms. The zero-order valence-electron chi connectivity index (χ0n) is 12.2. The van der Waals surface area contributed by atoms with Gasteiger partial charge in [-0.05, 0) is 54.8 Å². The number of nitrogens with one attached hydrogen (secondary N) is 1. The van der Waals surface area contributed by atoms with Gasteiger partial charge in [-0.15, -0.1) is 0 Å². The van der Waals surface area contributed by atoms with Crippen molar-refractivity contribution in [2.24, 2.45) is 5.84 Å². The van der Waals surface area contributed by atoms with Crippen molar-refractivity contribution in [3.63, 3.8) is 0 Å². The van der Waals surface area contributed by atoms with E-state index in [4.69, 9.17) is 10.6 Å². The third kappa shape index (κ3) is 3.43. The molecule has 1 unspecified atom stereocenters. The molecule has 0 bridgehead atoms. The summed E-state index contributed by atoms with van der Waals surface area (Å²) < 4.78 is 19.8. The number of benzene rings is 2. The van der Waals surface area contributed by atoms with Crippen LogP contribution in [0.2, 0.25) is 0 Å². The predicted molar refractivity (Wildman–Crippen MR) is 85.7 cm³/mol. The van der Waals surface area contributed by atoms with Gasteiger partial charge in [0.1, 0.15) is 11.6 Å². The van der Waals surface area contributed by atoms with Crippen LogP contribution in [0.4, 0.5) is 4.39 Å². The number of ether oxygens (including phenoxy) is 1. The lowest BCUT2D eigenvalue weighted by molar-refractivity contribution is 0.403. The van der Waals surface area contributed by atoms with Gasteiger partial charge in [-0.1, -0.05) is 22.0 Å². The molecule has 0 radical (unpaired) electrons. The van der Waals surface area contributed by atoms with Gasteiger partial charge in [0.25, 0.3) is 0 Å². The minimum absolute atomic E-state index is 0.316. The fourth-order valence-corrected chi connectivity index (χ4v) is 3.05. The van der Waals surface area contributed by atoms with E-state index in [1.807, 2.05) is 26.0 Å². The number of methoxy groups -OCH3 is 1. The van der Waals surface area contributed by atoms with Gasteiger partial charge in [-0.25, -0.2) is 9.82 Å². The topological polar surface area (TPSA) is 47.3 Å². The summed E-state index contributed by atoms with van der Waals surface area (Å²) in [5, 5.41) is 0. The first-order chi connectivity index (χ1) is 9.96. The lowest BCUT2D eigenvalue weighted by atomic mass is 9.93. The summed E-state index contributed by atoms with van der Waals surface area (Å²) in [5.74, 6) is 6.14. The molecule has 112 valence electrons. The monoisotopic (exact) mass is 352 g/mol. The molecule has 3 N–H and O–H groups in total. The molecule has 1 atom stereocenters. The molecule has 0 fully saturated rings. The number of hydrazine groups is 1. The molecule has 0 aromatic heterocycles. The first kappa shape index (κ1) is 15.9. The molecule has 0 amide bonds. The van der Waals surface area contributed by atoms with Crippen molar-refractivity contribution < 1.29 is 9.13 Å². The Kier molecular flexibility index (Phi) is 4.98. The SMILES string of the molecule is COc1cc(C)cc(C)c1C(NN)c1cc(F)cc(Br)c1. The van der Waals surface area contributed by atoms with E-state index in [0.717, 1.165) is 28.0 Å². The maximum atomic E-state index is 13.7. The standard InChI is InChI=1S/C16H18BrFN2O/c1-9-4-10(2)15(14(5-9)21-3)16(20-19)11-6-12(17)8-13(18)7-11/h4-8,16,20H,19H2,1-3H3. The summed E-state index contributed by atoms with van der Waals surface area (Å²) in [4.78, 5) is 0. The highest BCUT2D eigenvalue weighted by atomic mass is 79.9. The van der Waals surface area contributed by atoms with E-state index < -0.39 is 0 Å². The van der Waals surface area contributed by atoms with Crippen molar-refractivity contribution in [1.82, 2.24) is 5.43 Å². The van der Waals surface area contributed by atoms with Gasteiger partial charge < -0.3 is 4.74 Å². The molecular weight excluding hydrogens is 335 g/mol. The number of halogens is 2. The van der Waals surface area contributed by atoms with Crippen LogP contribution in [0.3, 0.4) is 0 Å². The highest BCUT2D eigenvalue weighted by Gasteiger charge is 2.20. The maximum Gasteiger partial charge on any atom is 0.124 e. The zero-order valence-corrected chi connectivity index (χ0v) is 13.8. The minimum atomic E-state index is -0.354. The van der Waals surface area contributed by atoms with E-state index in [9.17, 15) is 4.39 Å². The molecule has 3 nitrogen and oxygen atoms in total. The highest BCUT2D eigenvalue weighted by molar-refractivity contribution is 9.10. The van der Waals surface area contributed by atoms with E-state index in [1.165, 1.54) is 12.1 Å². The number of aryl methyl sites for hydroxylation is 2. The molecular formula is C16H18BrFN2O. The molecule has 0 saturated carbocycles. The Labute approximate surface area is 132 Å². The summed E-state index contributed by atoms with van der Waals surface area (Å²) in [6.07, 6.45) is 0. The third-order valence-electron chi connectivity index (χ3n) is 3.39. The first-order valence-corrected chi connectivity index (χ1v) is 7.32. The van der Waals surface area contributed by atoms with E-state index in [-0.39, 0.29) is 11.9 Å². The van der Waals surface area contributed by atoms with Crippen molar-refractivity contribution in [2.45, 2.75) is 19.9 Å². The summed E-state index contributed by atoms with van der Waals surface area (Å²) in [7, 11) is 1.62. The Balaban J connectivity index is 2.61. The molecule has 0 aliphatic rings. The molecule has 0 heterocycles. The van der Waals surface area contributed by atoms with E-state index in [0.29, 0.717) is 4.47 Å². The number of hydrogen-bond acceptors (Lipinski definition) is 3. The highest BCUT2D eigenvalue weighted by Crippen LogP contribution is 2.34. The van der Waals surface area contributed by atoms with Crippen molar-refractivity contribution in [1.29, 1.82) is 0 Å². The fraction of sp³-hybridized carbons (Fsp3) is 0.250. The molecule has 0 aliphatic heterocycles. The van der Waals surface area contributed by atoms with Gasteiger partial charge >= 0.3 is 0 Å². The summed E-state index contributed by atoms with van der Waals surface area (Å²) in [6.45, 7) is 3.99. The summed E-state index contributed by atoms with van der Waals surface area (Å²) in [5.41, 5.74) is 6.53. The number of rotatable bonds is 4. The zero-order chi connectivity index (χ0) is 15.6. The Morgan fingerprint density at radius 2 is 1.90 bits per heavy atom. The normalized spacial score (nSPS) is 12.3. The van der Waals surface area contributed by atoms with Crippen LogP contribution in [0.25, 0.3) is 0 Å². The van der Waals surface area contributed by atoms with Crippen LogP contribution in [-0.2, 0) is 0 Å². The van der Waals surface area contributed by atoms with Gasteiger partial charge in [0.2, 0.25) is 0 Å². The maximum absolute atomic E-state index is 13.7. The summed E-state index contributed by atoms with van der Waals surface area (Å²) in [6, 6.07) is 8.36. The first-order valence-electron chi connectivity index (χ1n) is 6.53. The van der Waals surface area contributed by atoms with Crippen LogP contribution in [-0.4, -0.2) is 7.11 Å². The van der Waals surface area contributed by atoms with Crippen LogP contribution in [0.1, 0.15) is 28.3 Å². The van der Waals surface area contributed by atoms with Crippen LogP contribution >= 0.6 is 15.9 Å². The van der Waals surface area contributed by atoms with Crippen molar-refractivity contribution in [3.05, 3.63) is 62.9 Å². The molecule has 21 heavy (non-hydrogen) atoms. The second kappa shape index (κ2) is 6.56. The Morgan fingerprint density at radius 3 is 2.48 bits per heavy atom. The smallest absolute Gasteiger partial charge is 0.124 e. The second-order valence-electron chi connectivity index (χ2n) is 5.00. The van der Waals surface area contributed by atoms with E-state index >= 15 is 0 Å². The molecule has 2 rings (SSSR count). The Hall–Kier alpha value is -1.43. The van der Waals surface area contributed by atoms with Gasteiger partial charge in [0.15, 0.2) is 0 Å². The van der Waals surface area contributed by atoms with E-state index in [1.54, 1.807) is 7.11 Å². The van der Waals surface area contributed by atoms with Gasteiger partial charge in [0, 0.05) is 10.0 Å². The van der Waals surface area contributed by atoms with Gasteiger partial charge in [0.05, 0.1) is 13.2 Å². The second-order valence-corrected chi connectivity index (χ2v) is 5.92. The quantitative estimate of drug-likeness (QED) is 0.650. The van der Waals surface area contributed by atoms with Crippen LogP contribution in [0.5, 0.6) is 5.75 Å². The van der Waals surface area contributed by atoms with Gasteiger partial charge in [-0.3, -0.25) is 5.84 Å². The fourth-order valence-electron chi connectivity index (χ4n) is 2.57. The lowest BCUT2D eigenvalue weighted by Gasteiger charge is -2.22. The van der Waals surface area contributed by atoms with Crippen molar-refractivity contribution >= 4 is 15.9 Å². The van der Waals surface area contributed by atoms with Crippen LogP contribution in [0.15, 0.2) is 34.8 Å². The number of hydrogen-bond donors (Lipinski definition) is 2. The van der Waals surface area contributed by atoms with Gasteiger partial charge in [-0.2, -0.15) is 0 Å². The minimum Gasteiger partial charge on any atom is -0.496 e. The van der Waals surface area contributed by atoms with Crippen LogP contribution in [0, 0.1) is 19.7 Å². The average Bonchev–Trinajstić information content (AvgIpc) is 2.40. The van der Waals surface area contributed by atoms with E-state index in [2.05, 4.69) is 27.4 Å².